The highest BCUT2D eigenvalue weighted by atomic mass is 28.2. The number of unbranched alkanes of at least 4 members (excludes halogenated alkanes) is 1. The zero-order chi connectivity index (χ0) is 9.23. The first-order valence-electron chi connectivity index (χ1n) is 4.61. The Morgan fingerprint density at radius 2 is 2.00 bits per heavy atom. The van der Waals surface area contributed by atoms with Gasteiger partial charge in [0.15, 0.2) is 0 Å². The van der Waals surface area contributed by atoms with Gasteiger partial charge in [-0.2, -0.15) is 0 Å². The van der Waals surface area contributed by atoms with Crippen molar-refractivity contribution in [3.05, 3.63) is 0 Å². The monoisotopic (exact) mass is 191 g/mol. The molecule has 0 radical (unpaired) electrons. The van der Waals surface area contributed by atoms with Crippen LogP contribution in [-0.4, -0.2) is 42.4 Å². The van der Waals surface area contributed by atoms with Crippen LogP contribution in [0.1, 0.15) is 19.8 Å². The lowest BCUT2D eigenvalue weighted by Crippen LogP contribution is -2.31. The Balaban J connectivity index is 3.06. The highest BCUT2D eigenvalue weighted by molar-refractivity contribution is 6.36. The van der Waals surface area contributed by atoms with Crippen molar-refractivity contribution >= 4 is 9.52 Å². The van der Waals surface area contributed by atoms with Crippen molar-refractivity contribution in [2.24, 2.45) is 0 Å². The van der Waals surface area contributed by atoms with E-state index in [4.69, 9.17) is 9.47 Å². The molecule has 0 aliphatic rings. The Labute approximate surface area is 77.6 Å². The topological polar surface area (TPSA) is 30.5 Å². The van der Waals surface area contributed by atoms with Gasteiger partial charge < -0.3 is 14.8 Å². The lowest BCUT2D eigenvalue weighted by atomic mass is 10.3. The minimum absolute atomic E-state index is 0.0825. The highest BCUT2D eigenvalue weighted by Crippen LogP contribution is 1.86. The van der Waals surface area contributed by atoms with E-state index >= 15 is 0 Å². The summed E-state index contributed by atoms with van der Waals surface area (Å²) in [5.41, 5.74) is 0. The predicted octanol–water partition coefficient (Wildman–Crippen LogP) is 0.0788. The standard InChI is InChI=1S/C8H21NO2Si/c1-4-5-6-9-7-12-8(10-2)11-3/h8-9H,4-7,12H2,1-3H3. The van der Waals surface area contributed by atoms with Gasteiger partial charge in [-0.1, -0.05) is 13.3 Å². The number of rotatable bonds is 8. The van der Waals surface area contributed by atoms with Gasteiger partial charge in [0, 0.05) is 14.2 Å². The number of nitrogens with one attached hydrogen (secondary N) is 1. The van der Waals surface area contributed by atoms with Crippen molar-refractivity contribution in [2.75, 3.05) is 26.9 Å². The van der Waals surface area contributed by atoms with E-state index in [1.54, 1.807) is 14.2 Å². The molecule has 1 N–H and O–H groups in total. The van der Waals surface area contributed by atoms with Crippen LogP contribution in [0.3, 0.4) is 0 Å². The van der Waals surface area contributed by atoms with Gasteiger partial charge in [0.25, 0.3) is 0 Å². The molecule has 0 atom stereocenters. The molecule has 0 heterocycles. The summed E-state index contributed by atoms with van der Waals surface area (Å²) >= 11 is 0. The fourth-order valence-corrected chi connectivity index (χ4v) is 2.14. The Kier molecular flexibility index (Phi) is 9.26. The van der Waals surface area contributed by atoms with Crippen LogP contribution in [0.2, 0.25) is 0 Å². The van der Waals surface area contributed by atoms with Gasteiger partial charge >= 0.3 is 0 Å². The summed E-state index contributed by atoms with van der Waals surface area (Å²) in [7, 11) is 3.14. The molecule has 0 fully saturated rings. The number of hydrogen-bond donors (Lipinski definition) is 1. The minimum Gasteiger partial charge on any atom is -0.360 e. The Morgan fingerprint density at radius 3 is 2.50 bits per heavy atom. The fourth-order valence-electron chi connectivity index (χ4n) is 0.979. The first-order valence-corrected chi connectivity index (χ1v) is 6.43. The maximum Gasteiger partial charge on any atom is 0.135 e. The summed E-state index contributed by atoms with van der Waals surface area (Å²) in [6.45, 7) is 3.33. The zero-order valence-corrected chi connectivity index (χ0v) is 9.84. The average molecular weight is 191 g/mol. The van der Waals surface area contributed by atoms with Crippen molar-refractivity contribution in [2.45, 2.75) is 25.7 Å². The second-order valence-electron chi connectivity index (χ2n) is 2.79. The molecule has 74 valence electrons. The normalized spacial score (nSPS) is 12.0. The fraction of sp³-hybridized carbons (Fsp3) is 1.00. The van der Waals surface area contributed by atoms with Crippen molar-refractivity contribution in [3.63, 3.8) is 0 Å². The van der Waals surface area contributed by atoms with Crippen LogP contribution in [-0.2, 0) is 9.47 Å². The van der Waals surface area contributed by atoms with Gasteiger partial charge in [-0.15, -0.1) is 0 Å². The maximum absolute atomic E-state index is 5.11. The number of hydrogen-bond acceptors (Lipinski definition) is 3. The van der Waals surface area contributed by atoms with Gasteiger partial charge in [0.1, 0.15) is 15.4 Å². The van der Waals surface area contributed by atoms with Crippen LogP contribution in [0, 0.1) is 0 Å². The van der Waals surface area contributed by atoms with Crippen LogP contribution in [0.4, 0.5) is 0 Å². The van der Waals surface area contributed by atoms with E-state index in [2.05, 4.69) is 12.2 Å². The lowest BCUT2D eigenvalue weighted by molar-refractivity contribution is -0.0441. The summed E-state index contributed by atoms with van der Waals surface area (Å²) in [4.78, 5) is 0. The van der Waals surface area contributed by atoms with E-state index in [-0.39, 0.29) is 15.4 Å². The molecule has 0 aromatic rings. The predicted molar refractivity (Wildman–Crippen MR) is 54.1 cm³/mol. The SMILES string of the molecule is CCCCNC[SiH2]C(OC)OC. The second kappa shape index (κ2) is 9.19. The third-order valence-electron chi connectivity index (χ3n) is 1.79. The first kappa shape index (κ1) is 12.1. The van der Waals surface area contributed by atoms with E-state index in [1.807, 2.05) is 0 Å². The summed E-state index contributed by atoms with van der Waals surface area (Å²) in [5, 5.41) is 3.39. The Bertz CT molecular complexity index is 89.1. The van der Waals surface area contributed by atoms with E-state index in [9.17, 15) is 0 Å². The molecule has 0 unspecified atom stereocenters. The number of methoxy groups -OCH3 is 2. The molecule has 4 heteroatoms. The van der Waals surface area contributed by atoms with Crippen molar-refractivity contribution in [1.82, 2.24) is 5.32 Å². The average Bonchev–Trinajstić information content (AvgIpc) is 2.11. The van der Waals surface area contributed by atoms with E-state index in [0.29, 0.717) is 0 Å². The molecule has 0 rings (SSSR count). The molecule has 0 aromatic carbocycles. The smallest absolute Gasteiger partial charge is 0.135 e. The third kappa shape index (κ3) is 6.79. The largest absolute Gasteiger partial charge is 0.360 e. The maximum atomic E-state index is 5.11. The Morgan fingerprint density at radius 1 is 1.33 bits per heavy atom. The van der Waals surface area contributed by atoms with Crippen molar-refractivity contribution in [3.8, 4) is 0 Å². The molecule has 0 amide bonds. The molecule has 0 bridgehead atoms. The molecule has 0 saturated carbocycles. The van der Waals surface area contributed by atoms with E-state index in [1.165, 1.54) is 12.8 Å². The van der Waals surface area contributed by atoms with Crippen LogP contribution in [0.5, 0.6) is 0 Å². The van der Waals surface area contributed by atoms with E-state index < -0.39 is 0 Å². The summed E-state index contributed by atoms with van der Waals surface area (Å²) < 4.78 is 10.2. The van der Waals surface area contributed by atoms with Crippen LogP contribution in [0.15, 0.2) is 0 Å². The molecule has 0 saturated heterocycles. The molecule has 0 aliphatic carbocycles. The van der Waals surface area contributed by atoms with Crippen molar-refractivity contribution < 1.29 is 9.47 Å². The summed E-state index contributed by atoms with van der Waals surface area (Å²) in [6, 6.07) is 0. The molecule has 3 nitrogen and oxygen atoms in total. The molecular weight excluding hydrogens is 170 g/mol. The van der Waals surface area contributed by atoms with E-state index in [0.717, 1.165) is 12.7 Å². The van der Waals surface area contributed by atoms with Crippen LogP contribution < -0.4 is 5.32 Å². The van der Waals surface area contributed by atoms with Gasteiger partial charge in [0.2, 0.25) is 0 Å². The van der Waals surface area contributed by atoms with Crippen LogP contribution >= 0.6 is 0 Å². The van der Waals surface area contributed by atoms with Gasteiger partial charge in [0.05, 0.1) is 0 Å². The molecule has 0 aliphatic heterocycles. The quantitative estimate of drug-likeness (QED) is 0.335. The summed E-state index contributed by atoms with van der Waals surface area (Å²) in [6.07, 6.45) is 3.62. The zero-order valence-electron chi connectivity index (χ0n) is 8.43. The number of ether oxygens (including phenoxy) is 2. The first-order chi connectivity index (χ1) is 5.85. The van der Waals surface area contributed by atoms with Gasteiger partial charge in [-0.25, -0.2) is 0 Å². The second-order valence-corrected chi connectivity index (χ2v) is 4.54. The molecule has 12 heavy (non-hydrogen) atoms. The van der Waals surface area contributed by atoms with Gasteiger partial charge in [-0.3, -0.25) is 0 Å². The molecular formula is C8H21NO2Si. The molecule has 0 aromatic heterocycles. The lowest BCUT2D eigenvalue weighted by Gasteiger charge is -2.12. The highest BCUT2D eigenvalue weighted by Gasteiger charge is 2.03. The molecule has 0 spiro atoms. The summed E-state index contributed by atoms with van der Waals surface area (Å²) in [5.74, 6) is 0.0825. The third-order valence-corrected chi connectivity index (χ3v) is 3.57. The minimum atomic E-state index is -0.258. The van der Waals surface area contributed by atoms with Crippen LogP contribution in [0.25, 0.3) is 0 Å². The Hall–Kier alpha value is 0.0969. The van der Waals surface area contributed by atoms with Gasteiger partial charge in [-0.05, 0) is 19.1 Å². The van der Waals surface area contributed by atoms with Crippen molar-refractivity contribution in [1.29, 1.82) is 0 Å².